The zero-order valence-electron chi connectivity index (χ0n) is 16.7. The molecule has 1 aliphatic rings. The summed E-state index contributed by atoms with van der Waals surface area (Å²) < 4.78 is 2.10. The zero-order valence-corrected chi connectivity index (χ0v) is 17.6. The number of H-pyrrole nitrogens is 1. The van der Waals surface area contributed by atoms with E-state index in [-0.39, 0.29) is 23.4 Å². The first kappa shape index (κ1) is 19.4. The number of hydrogen-bond acceptors (Lipinski definition) is 4. The molecule has 29 heavy (non-hydrogen) atoms. The minimum absolute atomic E-state index is 0.0688. The van der Waals surface area contributed by atoms with Crippen molar-refractivity contribution in [1.82, 2.24) is 19.8 Å². The molecule has 4 rings (SSSR count). The fraction of sp³-hybridized carbons (Fsp3) is 0.381. The van der Waals surface area contributed by atoms with Crippen molar-refractivity contribution in [3.63, 3.8) is 0 Å². The average Bonchev–Trinajstić information content (AvgIpc) is 3.45. The summed E-state index contributed by atoms with van der Waals surface area (Å²) in [6, 6.07) is 2.09. The number of aromatic nitrogens is 2. The van der Waals surface area contributed by atoms with Gasteiger partial charge in [0.1, 0.15) is 0 Å². The molecule has 1 fully saturated rings. The summed E-state index contributed by atoms with van der Waals surface area (Å²) in [5, 5.41) is 5.07. The molecular weight excluding hydrogens is 388 g/mol. The number of fused-ring (bicyclic) bond motifs is 1. The van der Waals surface area contributed by atoms with E-state index in [0.29, 0.717) is 21.3 Å². The molecule has 0 atom stereocenters. The molecule has 2 amide bonds. The van der Waals surface area contributed by atoms with E-state index in [1.165, 1.54) is 22.4 Å². The fourth-order valence-corrected chi connectivity index (χ4v) is 5.04. The lowest BCUT2D eigenvalue weighted by atomic mass is 10.1. The summed E-state index contributed by atoms with van der Waals surface area (Å²) in [6.07, 6.45) is 7.80. The Balaban J connectivity index is 1.97. The van der Waals surface area contributed by atoms with Crippen molar-refractivity contribution in [3.8, 4) is 11.1 Å². The predicted molar refractivity (Wildman–Crippen MR) is 115 cm³/mol. The smallest absolute Gasteiger partial charge is 0.263 e. The second kappa shape index (κ2) is 7.51. The van der Waals surface area contributed by atoms with E-state index in [2.05, 4.69) is 14.9 Å². The van der Waals surface area contributed by atoms with Gasteiger partial charge in [0.25, 0.3) is 17.4 Å². The quantitative estimate of drug-likeness (QED) is 0.690. The monoisotopic (exact) mass is 412 g/mol. The van der Waals surface area contributed by atoms with Crippen LogP contribution in [0.25, 0.3) is 22.0 Å². The lowest BCUT2D eigenvalue weighted by Gasteiger charge is -2.15. The van der Waals surface area contributed by atoms with Crippen LogP contribution < -0.4 is 10.9 Å². The van der Waals surface area contributed by atoms with Crippen LogP contribution in [0, 0.1) is 0 Å². The van der Waals surface area contributed by atoms with Gasteiger partial charge in [-0.3, -0.25) is 14.4 Å². The standard InChI is InChI=1S/C21H24N4O3S/c1-22-19(26)14-9-23-20(27)17-15(10-25(18(14)17)13-6-4-5-7-13)12-8-16(29-11-12)21(28)24(2)3/h8-11,13H,4-7H2,1-3H3,(H,22,26)(H,23,27). The topological polar surface area (TPSA) is 87.2 Å². The first-order valence-corrected chi connectivity index (χ1v) is 10.6. The molecule has 1 aliphatic carbocycles. The van der Waals surface area contributed by atoms with E-state index < -0.39 is 0 Å². The highest BCUT2D eigenvalue weighted by molar-refractivity contribution is 7.12. The van der Waals surface area contributed by atoms with Gasteiger partial charge in [0.2, 0.25) is 0 Å². The van der Waals surface area contributed by atoms with Gasteiger partial charge in [0.15, 0.2) is 0 Å². The molecular formula is C21H24N4O3S. The molecule has 0 spiro atoms. The molecule has 0 saturated heterocycles. The zero-order chi connectivity index (χ0) is 20.7. The highest BCUT2D eigenvalue weighted by Crippen LogP contribution is 2.38. The van der Waals surface area contributed by atoms with Gasteiger partial charge < -0.3 is 19.8 Å². The summed E-state index contributed by atoms with van der Waals surface area (Å²) in [6.45, 7) is 0. The molecule has 1 saturated carbocycles. The van der Waals surface area contributed by atoms with E-state index in [4.69, 9.17) is 0 Å². The highest BCUT2D eigenvalue weighted by Gasteiger charge is 2.26. The normalized spacial score (nSPS) is 14.4. The van der Waals surface area contributed by atoms with Crippen molar-refractivity contribution >= 4 is 34.1 Å². The van der Waals surface area contributed by atoms with Crippen LogP contribution in [-0.2, 0) is 0 Å². The largest absolute Gasteiger partial charge is 0.355 e. The maximum Gasteiger partial charge on any atom is 0.263 e. The Morgan fingerprint density at radius 3 is 2.66 bits per heavy atom. The predicted octanol–water partition coefficient (Wildman–Crippen LogP) is 3.23. The van der Waals surface area contributed by atoms with Gasteiger partial charge in [0.05, 0.1) is 21.3 Å². The fourth-order valence-electron chi connectivity index (χ4n) is 4.11. The van der Waals surface area contributed by atoms with Crippen LogP contribution in [-0.4, -0.2) is 47.4 Å². The van der Waals surface area contributed by atoms with Crippen LogP contribution in [0.15, 0.2) is 28.6 Å². The molecule has 0 aromatic carbocycles. The lowest BCUT2D eigenvalue weighted by Crippen LogP contribution is -2.21. The first-order valence-electron chi connectivity index (χ1n) is 9.71. The van der Waals surface area contributed by atoms with Crippen LogP contribution in [0.5, 0.6) is 0 Å². The van der Waals surface area contributed by atoms with E-state index in [0.717, 1.165) is 36.8 Å². The minimum atomic E-state index is -0.232. The van der Waals surface area contributed by atoms with E-state index in [1.54, 1.807) is 21.1 Å². The third-order valence-electron chi connectivity index (χ3n) is 5.58. The molecule has 7 nitrogen and oxygen atoms in total. The number of thiophene rings is 1. The van der Waals surface area contributed by atoms with Crippen molar-refractivity contribution in [1.29, 1.82) is 0 Å². The summed E-state index contributed by atoms with van der Waals surface area (Å²) in [5.41, 5.74) is 2.47. The van der Waals surface area contributed by atoms with Crippen molar-refractivity contribution in [2.75, 3.05) is 21.1 Å². The molecule has 2 N–H and O–H groups in total. The van der Waals surface area contributed by atoms with Crippen LogP contribution >= 0.6 is 11.3 Å². The van der Waals surface area contributed by atoms with Crippen LogP contribution in [0.2, 0.25) is 0 Å². The molecule has 0 aliphatic heterocycles. The second-order valence-electron chi connectivity index (χ2n) is 7.62. The Morgan fingerprint density at radius 2 is 2.00 bits per heavy atom. The molecule has 3 heterocycles. The second-order valence-corrected chi connectivity index (χ2v) is 8.53. The van der Waals surface area contributed by atoms with Gasteiger partial charge in [-0.25, -0.2) is 0 Å². The van der Waals surface area contributed by atoms with Crippen LogP contribution in [0.1, 0.15) is 51.8 Å². The summed E-state index contributed by atoms with van der Waals surface area (Å²) in [4.78, 5) is 42.6. The minimum Gasteiger partial charge on any atom is -0.355 e. The number of nitrogens with zero attached hydrogens (tertiary/aromatic N) is 2. The average molecular weight is 413 g/mol. The Kier molecular flexibility index (Phi) is 5.04. The summed E-state index contributed by atoms with van der Waals surface area (Å²) >= 11 is 1.36. The van der Waals surface area contributed by atoms with Crippen LogP contribution in [0.4, 0.5) is 0 Å². The SMILES string of the molecule is CNC(=O)c1c[nH]c(=O)c2c(-c3csc(C(=O)N(C)C)c3)cn(C3CCCC3)c12. The maximum atomic E-state index is 12.8. The number of pyridine rings is 1. The first-order chi connectivity index (χ1) is 13.9. The molecule has 0 radical (unpaired) electrons. The Labute approximate surface area is 172 Å². The number of carbonyl (C=O) groups excluding carboxylic acids is 2. The Bertz CT molecular complexity index is 1150. The van der Waals surface area contributed by atoms with Gasteiger partial charge in [-0.1, -0.05) is 12.8 Å². The van der Waals surface area contributed by atoms with Crippen LogP contribution in [0.3, 0.4) is 0 Å². The number of carbonyl (C=O) groups is 2. The Morgan fingerprint density at radius 1 is 1.28 bits per heavy atom. The molecule has 3 aromatic rings. The van der Waals surface area contributed by atoms with Gasteiger partial charge >= 0.3 is 0 Å². The Hall–Kier alpha value is -2.87. The number of aromatic amines is 1. The lowest BCUT2D eigenvalue weighted by molar-refractivity contribution is 0.0832. The molecule has 8 heteroatoms. The molecule has 152 valence electrons. The van der Waals surface area contributed by atoms with Gasteiger partial charge in [-0.05, 0) is 29.9 Å². The van der Waals surface area contributed by atoms with Gasteiger partial charge in [-0.15, -0.1) is 11.3 Å². The number of amides is 2. The number of hydrogen-bond donors (Lipinski definition) is 2. The van der Waals surface area contributed by atoms with E-state index in [1.807, 2.05) is 17.6 Å². The number of rotatable bonds is 4. The van der Waals surface area contributed by atoms with Crippen molar-refractivity contribution in [2.24, 2.45) is 0 Å². The van der Waals surface area contributed by atoms with Crippen molar-refractivity contribution in [2.45, 2.75) is 31.7 Å². The van der Waals surface area contributed by atoms with Crippen molar-refractivity contribution < 1.29 is 9.59 Å². The summed E-state index contributed by atoms with van der Waals surface area (Å²) in [5.74, 6) is -0.301. The molecule has 3 aromatic heterocycles. The van der Waals surface area contributed by atoms with Gasteiger partial charge in [-0.2, -0.15) is 0 Å². The third-order valence-corrected chi connectivity index (χ3v) is 6.50. The maximum absolute atomic E-state index is 12.8. The van der Waals surface area contributed by atoms with E-state index >= 15 is 0 Å². The molecule has 0 unspecified atom stereocenters. The third kappa shape index (κ3) is 3.27. The highest BCUT2D eigenvalue weighted by atomic mass is 32.1. The number of nitrogens with one attached hydrogen (secondary N) is 2. The molecule has 0 bridgehead atoms. The van der Waals surface area contributed by atoms with E-state index in [9.17, 15) is 14.4 Å². The van der Waals surface area contributed by atoms with Crippen molar-refractivity contribution in [3.05, 3.63) is 44.6 Å². The van der Waals surface area contributed by atoms with Gasteiger partial charge in [0, 0.05) is 45.1 Å². The summed E-state index contributed by atoms with van der Waals surface area (Å²) in [7, 11) is 5.02.